The smallest absolute Gasteiger partial charge is 0.323 e. The minimum absolute atomic E-state index is 0. The molecule has 0 aliphatic carbocycles. The highest BCUT2D eigenvalue weighted by Gasteiger charge is 2.20. The van der Waals surface area contributed by atoms with Gasteiger partial charge in [0.2, 0.25) is 0 Å². The van der Waals surface area contributed by atoms with Gasteiger partial charge in [-0.2, -0.15) is 0 Å². The molecule has 8 heteroatoms. The Hall–Kier alpha value is -2.12. The van der Waals surface area contributed by atoms with E-state index in [0.717, 1.165) is 12.8 Å². The average molecular weight is 388 g/mol. The summed E-state index contributed by atoms with van der Waals surface area (Å²) in [4.78, 5) is 34.4. The third-order valence-corrected chi connectivity index (χ3v) is 3.47. The molecule has 1 aromatic rings. The number of nitrogens with two attached hydrogens (primary N) is 1. The molecule has 0 heterocycles. The number of hydrogen-bond acceptors (Lipinski definition) is 7. The van der Waals surface area contributed by atoms with Gasteiger partial charge in [-0.15, -0.1) is 12.4 Å². The first-order valence-corrected chi connectivity index (χ1v) is 8.22. The summed E-state index contributed by atoms with van der Waals surface area (Å²) in [7, 11) is 0. The lowest BCUT2D eigenvalue weighted by atomic mass is 10.1. The van der Waals surface area contributed by atoms with E-state index >= 15 is 0 Å². The molecule has 0 aromatic heterocycles. The Morgan fingerprint density at radius 3 is 2.04 bits per heavy atom. The van der Waals surface area contributed by atoms with Crippen molar-refractivity contribution in [1.29, 1.82) is 0 Å². The SMILES string of the molecule is CCC(CC)OC(=O)C(N)Cc1ccc(OC(C)=O)c(OC(C)=O)c1.Cl. The van der Waals surface area contributed by atoms with Gasteiger partial charge in [-0.3, -0.25) is 14.4 Å². The summed E-state index contributed by atoms with van der Waals surface area (Å²) >= 11 is 0. The zero-order chi connectivity index (χ0) is 19.0. The van der Waals surface area contributed by atoms with Crippen LogP contribution < -0.4 is 15.2 Å². The Morgan fingerprint density at radius 1 is 1.00 bits per heavy atom. The first-order chi connectivity index (χ1) is 11.8. The van der Waals surface area contributed by atoms with Gasteiger partial charge in [-0.25, -0.2) is 0 Å². The van der Waals surface area contributed by atoms with E-state index in [1.54, 1.807) is 6.07 Å². The molecular weight excluding hydrogens is 362 g/mol. The Bertz CT molecular complexity index is 630. The van der Waals surface area contributed by atoms with E-state index in [1.165, 1.54) is 26.0 Å². The molecule has 0 aliphatic heterocycles. The Kier molecular flexibility index (Phi) is 10.6. The van der Waals surface area contributed by atoms with E-state index in [9.17, 15) is 14.4 Å². The van der Waals surface area contributed by atoms with Gasteiger partial charge in [0.1, 0.15) is 12.1 Å². The Morgan fingerprint density at radius 2 is 1.54 bits per heavy atom. The molecule has 1 aromatic carbocycles. The van der Waals surface area contributed by atoms with Crippen LogP contribution in [0, 0.1) is 0 Å². The van der Waals surface area contributed by atoms with E-state index in [1.807, 2.05) is 13.8 Å². The predicted octanol–water partition coefficient (Wildman–Crippen LogP) is 2.56. The minimum atomic E-state index is -0.842. The molecule has 1 atom stereocenters. The molecule has 1 rings (SSSR count). The molecule has 0 spiro atoms. The van der Waals surface area contributed by atoms with Crippen molar-refractivity contribution in [2.24, 2.45) is 5.73 Å². The van der Waals surface area contributed by atoms with E-state index < -0.39 is 23.9 Å². The van der Waals surface area contributed by atoms with Crippen molar-refractivity contribution in [3.63, 3.8) is 0 Å². The summed E-state index contributed by atoms with van der Waals surface area (Å²) < 4.78 is 15.4. The number of halogens is 1. The quantitative estimate of drug-likeness (QED) is 0.539. The van der Waals surface area contributed by atoms with E-state index in [-0.39, 0.29) is 36.4 Å². The van der Waals surface area contributed by atoms with Crippen molar-refractivity contribution in [3.05, 3.63) is 23.8 Å². The third kappa shape index (κ3) is 7.84. The molecule has 1 unspecified atom stereocenters. The zero-order valence-electron chi connectivity index (χ0n) is 15.4. The number of benzene rings is 1. The fraction of sp³-hybridized carbons (Fsp3) is 0.500. The summed E-state index contributed by atoms with van der Waals surface area (Å²) in [6.07, 6.45) is 1.50. The number of carbonyl (C=O) groups excluding carboxylic acids is 3. The standard InChI is InChI=1S/C18H25NO6.ClH/c1-5-14(6-2)25-18(22)15(19)9-13-7-8-16(23-11(3)20)17(10-13)24-12(4)21;/h7-8,10,14-15H,5-6,9,19H2,1-4H3;1H. The van der Waals surface area contributed by atoms with Gasteiger partial charge in [0.25, 0.3) is 0 Å². The van der Waals surface area contributed by atoms with E-state index in [2.05, 4.69) is 0 Å². The first kappa shape index (κ1) is 23.9. The molecule has 0 saturated carbocycles. The van der Waals surface area contributed by atoms with Crippen LogP contribution in [0.4, 0.5) is 0 Å². The summed E-state index contributed by atoms with van der Waals surface area (Å²) in [5, 5.41) is 0. The molecule has 26 heavy (non-hydrogen) atoms. The van der Waals surface area contributed by atoms with Crippen molar-refractivity contribution < 1.29 is 28.6 Å². The first-order valence-electron chi connectivity index (χ1n) is 8.22. The predicted molar refractivity (Wildman–Crippen MR) is 98.4 cm³/mol. The van der Waals surface area contributed by atoms with Crippen LogP contribution in [-0.4, -0.2) is 30.1 Å². The molecule has 0 aliphatic rings. The second-order valence-corrected chi connectivity index (χ2v) is 5.65. The van der Waals surface area contributed by atoms with Crippen LogP contribution in [0.2, 0.25) is 0 Å². The van der Waals surface area contributed by atoms with Crippen LogP contribution in [0.5, 0.6) is 11.5 Å². The van der Waals surface area contributed by atoms with Crippen LogP contribution in [0.15, 0.2) is 18.2 Å². The van der Waals surface area contributed by atoms with Crippen molar-refractivity contribution in [1.82, 2.24) is 0 Å². The normalized spacial score (nSPS) is 11.3. The van der Waals surface area contributed by atoms with Gasteiger partial charge in [0.05, 0.1) is 0 Å². The summed E-state index contributed by atoms with van der Waals surface area (Å²) in [5.41, 5.74) is 6.56. The number of ether oxygens (including phenoxy) is 3. The lowest BCUT2D eigenvalue weighted by Crippen LogP contribution is -2.36. The maximum absolute atomic E-state index is 12.0. The molecular formula is C18H26ClNO6. The average Bonchev–Trinajstić information content (AvgIpc) is 2.53. The summed E-state index contributed by atoms with van der Waals surface area (Å²) in [6.45, 7) is 6.36. The van der Waals surface area contributed by atoms with Crippen LogP contribution in [0.1, 0.15) is 46.1 Å². The molecule has 2 N–H and O–H groups in total. The van der Waals surface area contributed by atoms with Gasteiger partial charge < -0.3 is 19.9 Å². The summed E-state index contributed by atoms with van der Waals surface area (Å²) in [6, 6.07) is 3.82. The number of rotatable bonds is 8. The third-order valence-electron chi connectivity index (χ3n) is 3.47. The number of hydrogen-bond donors (Lipinski definition) is 1. The van der Waals surface area contributed by atoms with E-state index in [0.29, 0.717) is 5.56 Å². The monoisotopic (exact) mass is 387 g/mol. The fourth-order valence-electron chi connectivity index (χ4n) is 2.20. The largest absolute Gasteiger partial charge is 0.461 e. The van der Waals surface area contributed by atoms with Crippen molar-refractivity contribution in [2.45, 2.75) is 59.1 Å². The fourth-order valence-corrected chi connectivity index (χ4v) is 2.20. The van der Waals surface area contributed by atoms with Gasteiger partial charge in [0, 0.05) is 13.8 Å². The lowest BCUT2D eigenvalue weighted by Gasteiger charge is -2.18. The highest BCUT2D eigenvalue weighted by atomic mass is 35.5. The van der Waals surface area contributed by atoms with Crippen LogP contribution in [-0.2, 0) is 25.5 Å². The van der Waals surface area contributed by atoms with Crippen molar-refractivity contribution in [2.75, 3.05) is 0 Å². The highest BCUT2D eigenvalue weighted by Crippen LogP contribution is 2.29. The second kappa shape index (κ2) is 11.5. The minimum Gasteiger partial charge on any atom is -0.461 e. The molecule has 0 saturated heterocycles. The van der Waals surface area contributed by atoms with Gasteiger partial charge >= 0.3 is 17.9 Å². The van der Waals surface area contributed by atoms with Gasteiger partial charge in [-0.1, -0.05) is 19.9 Å². The highest BCUT2D eigenvalue weighted by molar-refractivity contribution is 5.85. The second-order valence-electron chi connectivity index (χ2n) is 5.65. The van der Waals surface area contributed by atoms with Crippen LogP contribution in [0.3, 0.4) is 0 Å². The van der Waals surface area contributed by atoms with Gasteiger partial charge in [-0.05, 0) is 37.0 Å². The topological polar surface area (TPSA) is 105 Å². The Labute approximate surface area is 159 Å². The number of esters is 3. The lowest BCUT2D eigenvalue weighted by molar-refractivity contribution is -0.151. The number of carbonyl (C=O) groups is 3. The maximum atomic E-state index is 12.0. The molecule has 0 amide bonds. The zero-order valence-corrected chi connectivity index (χ0v) is 16.3. The molecule has 0 bridgehead atoms. The maximum Gasteiger partial charge on any atom is 0.323 e. The van der Waals surface area contributed by atoms with Crippen molar-refractivity contribution in [3.8, 4) is 11.5 Å². The van der Waals surface area contributed by atoms with E-state index in [4.69, 9.17) is 19.9 Å². The molecule has 0 radical (unpaired) electrons. The molecule has 7 nitrogen and oxygen atoms in total. The Balaban J connectivity index is 0.00000625. The van der Waals surface area contributed by atoms with Gasteiger partial charge in [0.15, 0.2) is 11.5 Å². The van der Waals surface area contributed by atoms with Crippen LogP contribution in [0.25, 0.3) is 0 Å². The molecule has 146 valence electrons. The van der Waals surface area contributed by atoms with Crippen LogP contribution >= 0.6 is 12.4 Å². The molecule has 0 fully saturated rings. The summed E-state index contributed by atoms with van der Waals surface area (Å²) in [5.74, 6) is -1.35. The van der Waals surface area contributed by atoms with Crippen molar-refractivity contribution >= 4 is 30.3 Å².